The van der Waals surface area contributed by atoms with Gasteiger partial charge in [0.1, 0.15) is 11.6 Å². The number of rotatable bonds is 2. The van der Waals surface area contributed by atoms with Gasteiger partial charge >= 0.3 is 0 Å². The average Bonchev–Trinajstić information content (AvgIpc) is 2.43. The lowest BCUT2D eigenvalue weighted by atomic mass is 9.92. The molecular formula is C14H17FO. The summed E-state index contributed by atoms with van der Waals surface area (Å²) in [6.45, 7) is 0. The summed E-state index contributed by atoms with van der Waals surface area (Å²) >= 11 is 0. The van der Waals surface area contributed by atoms with Gasteiger partial charge in [-0.3, -0.25) is 4.79 Å². The molecule has 1 aliphatic rings. The van der Waals surface area contributed by atoms with Crippen LogP contribution >= 0.6 is 0 Å². The van der Waals surface area contributed by atoms with E-state index in [-0.39, 0.29) is 5.82 Å². The topological polar surface area (TPSA) is 17.1 Å². The molecule has 0 aliphatic heterocycles. The van der Waals surface area contributed by atoms with E-state index in [4.69, 9.17) is 0 Å². The molecule has 2 heteroatoms. The van der Waals surface area contributed by atoms with Gasteiger partial charge in [-0.15, -0.1) is 0 Å². The minimum Gasteiger partial charge on any atom is -0.300 e. The molecule has 1 saturated carbocycles. The van der Waals surface area contributed by atoms with Crippen LogP contribution in [0.3, 0.4) is 0 Å². The van der Waals surface area contributed by atoms with Crippen molar-refractivity contribution >= 4 is 5.78 Å². The summed E-state index contributed by atoms with van der Waals surface area (Å²) in [5.41, 5.74) is 1.01. The van der Waals surface area contributed by atoms with Crippen molar-refractivity contribution < 1.29 is 9.18 Å². The summed E-state index contributed by atoms with van der Waals surface area (Å²) < 4.78 is 13.0. The van der Waals surface area contributed by atoms with E-state index in [0.717, 1.165) is 37.7 Å². The molecule has 1 aliphatic carbocycles. The predicted molar refractivity (Wildman–Crippen MR) is 61.7 cm³/mol. The molecular weight excluding hydrogens is 203 g/mol. The van der Waals surface area contributed by atoms with Crippen molar-refractivity contribution in [3.63, 3.8) is 0 Å². The van der Waals surface area contributed by atoms with Gasteiger partial charge in [-0.05, 0) is 42.9 Å². The lowest BCUT2D eigenvalue weighted by Crippen LogP contribution is -2.08. The Balaban J connectivity index is 2.00. The van der Waals surface area contributed by atoms with Crippen molar-refractivity contribution in [3.05, 3.63) is 35.6 Å². The highest BCUT2D eigenvalue weighted by molar-refractivity contribution is 5.78. The molecule has 2 rings (SSSR count). The van der Waals surface area contributed by atoms with Crippen LogP contribution in [0, 0.1) is 11.7 Å². The van der Waals surface area contributed by atoms with E-state index < -0.39 is 0 Å². The van der Waals surface area contributed by atoms with Gasteiger partial charge in [0.05, 0.1) is 0 Å². The SMILES string of the molecule is O=C1CCCCC(Cc2cccc(F)c2)C1. The predicted octanol–water partition coefficient (Wildman–Crippen LogP) is 3.52. The zero-order valence-electron chi connectivity index (χ0n) is 9.42. The molecule has 16 heavy (non-hydrogen) atoms. The van der Waals surface area contributed by atoms with Gasteiger partial charge in [0.15, 0.2) is 0 Å². The van der Waals surface area contributed by atoms with Crippen molar-refractivity contribution in [2.45, 2.75) is 38.5 Å². The maximum atomic E-state index is 13.0. The maximum Gasteiger partial charge on any atom is 0.133 e. The standard InChI is InChI=1S/C14H17FO/c15-13-6-3-5-11(9-13)8-12-4-1-2-7-14(16)10-12/h3,5-6,9,12H,1-2,4,7-8,10H2. The Bertz CT molecular complexity index is 373. The molecule has 0 N–H and O–H groups in total. The van der Waals surface area contributed by atoms with E-state index >= 15 is 0 Å². The number of hydrogen-bond acceptors (Lipinski definition) is 1. The number of hydrogen-bond donors (Lipinski definition) is 0. The highest BCUT2D eigenvalue weighted by atomic mass is 19.1. The number of Topliss-reactive ketones (excluding diaryl/α,β-unsaturated/α-hetero) is 1. The summed E-state index contributed by atoms with van der Waals surface area (Å²) in [7, 11) is 0. The van der Waals surface area contributed by atoms with Crippen LogP contribution in [0.25, 0.3) is 0 Å². The molecule has 1 aromatic rings. The number of ketones is 1. The van der Waals surface area contributed by atoms with Gasteiger partial charge in [-0.1, -0.05) is 18.6 Å². The monoisotopic (exact) mass is 220 g/mol. The van der Waals surface area contributed by atoms with Crippen molar-refractivity contribution in [2.75, 3.05) is 0 Å². The third kappa shape index (κ3) is 3.16. The van der Waals surface area contributed by atoms with Gasteiger partial charge < -0.3 is 0 Å². The Hall–Kier alpha value is -1.18. The molecule has 0 bridgehead atoms. The second-order valence-corrected chi connectivity index (χ2v) is 4.69. The van der Waals surface area contributed by atoms with Crippen LogP contribution < -0.4 is 0 Å². The van der Waals surface area contributed by atoms with Crippen molar-refractivity contribution in [3.8, 4) is 0 Å². The fourth-order valence-electron chi connectivity index (χ4n) is 2.45. The minimum atomic E-state index is -0.183. The normalized spacial score (nSPS) is 21.8. The molecule has 0 heterocycles. The Morgan fingerprint density at radius 1 is 1.31 bits per heavy atom. The summed E-state index contributed by atoms with van der Waals surface area (Å²) in [5.74, 6) is 0.605. The van der Waals surface area contributed by atoms with E-state index in [9.17, 15) is 9.18 Å². The van der Waals surface area contributed by atoms with Crippen molar-refractivity contribution in [2.24, 2.45) is 5.92 Å². The molecule has 86 valence electrons. The van der Waals surface area contributed by atoms with Gasteiger partial charge in [0.25, 0.3) is 0 Å². The number of benzene rings is 1. The Kier molecular flexibility index (Phi) is 3.70. The van der Waals surface area contributed by atoms with E-state index in [1.54, 1.807) is 12.1 Å². The lowest BCUT2D eigenvalue weighted by Gasteiger charge is -2.12. The van der Waals surface area contributed by atoms with Crippen LogP contribution in [0.5, 0.6) is 0 Å². The number of halogens is 1. The van der Waals surface area contributed by atoms with Crippen molar-refractivity contribution in [1.29, 1.82) is 0 Å². The third-order valence-corrected chi connectivity index (χ3v) is 3.25. The quantitative estimate of drug-likeness (QED) is 0.697. The molecule has 0 saturated heterocycles. The van der Waals surface area contributed by atoms with E-state index in [1.807, 2.05) is 6.07 Å². The Morgan fingerprint density at radius 2 is 2.19 bits per heavy atom. The second-order valence-electron chi connectivity index (χ2n) is 4.69. The smallest absolute Gasteiger partial charge is 0.133 e. The zero-order chi connectivity index (χ0) is 11.4. The molecule has 0 aromatic heterocycles. The van der Waals surface area contributed by atoms with E-state index in [1.165, 1.54) is 6.07 Å². The van der Waals surface area contributed by atoms with Crippen LogP contribution in [-0.4, -0.2) is 5.78 Å². The van der Waals surface area contributed by atoms with Crippen LogP contribution in [0.4, 0.5) is 4.39 Å². The van der Waals surface area contributed by atoms with Crippen molar-refractivity contribution in [1.82, 2.24) is 0 Å². The first-order valence-electron chi connectivity index (χ1n) is 6.00. The average molecular weight is 220 g/mol. The van der Waals surface area contributed by atoms with Gasteiger partial charge in [0.2, 0.25) is 0 Å². The minimum absolute atomic E-state index is 0.183. The van der Waals surface area contributed by atoms with Crippen LogP contribution in [0.15, 0.2) is 24.3 Å². The van der Waals surface area contributed by atoms with E-state index in [0.29, 0.717) is 18.1 Å². The molecule has 0 spiro atoms. The zero-order valence-corrected chi connectivity index (χ0v) is 9.42. The fraction of sp³-hybridized carbons (Fsp3) is 0.500. The summed E-state index contributed by atoms with van der Waals surface area (Å²) in [5, 5.41) is 0. The van der Waals surface area contributed by atoms with Crippen LogP contribution in [-0.2, 0) is 11.2 Å². The molecule has 1 aromatic carbocycles. The summed E-state index contributed by atoms with van der Waals surface area (Å²) in [6.07, 6.45) is 5.51. The van der Waals surface area contributed by atoms with Gasteiger partial charge in [-0.2, -0.15) is 0 Å². The van der Waals surface area contributed by atoms with Gasteiger partial charge in [-0.25, -0.2) is 4.39 Å². The summed E-state index contributed by atoms with van der Waals surface area (Å²) in [6, 6.07) is 6.72. The second kappa shape index (κ2) is 5.24. The highest BCUT2D eigenvalue weighted by Gasteiger charge is 2.17. The fourth-order valence-corrected chi connectivity index (χ4v) is 2.45. The molecule has 1 fully saturated rings. The van der Waals surface area contributed by atoms with Crippen LogP contribution in [0.2, 0.25) is 0 Å². The first-order chi connectivity index (χ1) is 7.74. The first kappa shape index (κ1) is 11.3. The molecule has 0 radical (unpaired) electrons. The van der Waals surface area contributed by atoms with Gasteiger partial charge in [0, 0.05) is 12.8 Å². The molecule has 1 nitrogen and oxygen atoms in total. The largest absolute Gasteiger partial charge is 0.300 e. The summed E-state index contributed by atoms with van der Waals surface area (Å²) in [4.78, 5) is 11.5. The molecule has 1 unspecified atom stereocenters. The third-order valence-electron chi connectivity index (χ3n) is 3.25. The highest BCUT2D eigenvalue weighted by Crippen LogP contribution is 2.24. The lowest BCUT2D eigenvalue weighted by molar-refractivity contribution is -0.119. The van der Waals surface area contributed by atoms with Crippen LogP contribution in [0.1, 0.15) is 37.7 Å². The Labute approximate surface area is 95.7 Å². The molecule has 1 atom stereocenters. The molecule has 0 amide bonds. The van der Waals surface area contributed by atoms with E-state index in [2.05, 4.69) is 0 Å². The number of carbonyl (C=O) groups is 1. The maximum absolute atomic E-state index is 13.0. The first-order valence-corrected chi connectivity index (χ1v) is 6.00. The number of carbonyl (C=O) groups excluding carboxylic acids is 1. The Morgan fingerprint density at radius 3 is 3.00 bits per heavy atom.